The quantitative estimate of drug-likeness (QED) is 0.611. The van der Waals surface area contributed by atoms with E-state index in [0.29, 0.717) is 5.92 Å². The minimum absolute atomic E-state index is 0.0721. The topological polar surface area (TPSA) is 46.5 Å². The molecule has 1 atom stereocenters. The van der Waals surface area contributed by atoms with Crippen LogP contribution in [-0.4, -0.2) is 24.8 Å². The van der Waals surface area contributed by atoms with Crippen LogP contribution in [0.3, 0.4) is 0 Å². The molecule has 64 valence electrons. The molecule has 0 aromatic heterocycles. The summed E-state index contributed by atoms with van der Waals surface area (Å²) in [6.07, 6.45) is 3.29. The van der Waals surface area contributed by atoms with Crippen LogP contribution in [0.5, 0.6) is 0 Å². The second kappa shape index (κ2) is 3.72. The molecule has 1 aliphatic rings. The van der Waals surface area contributed by atoms with E-state index in [4.69, 9.17) is 5.11 Å². The molecule has 0 aromatic rings. The van der Waals surface area contributed by atoms with Gasteiger partial charge in [0.05, 0.1) is 19.6 Å². The molecular formula is C8H14O3. The van der Waals surface area contributed by atoms with E-state index in [0.717, 1.165) is 12.8 Å². The molecule has 11 heavy (non-hydrogen) atoms. The van der Waals surface area contributed by atoms with E-state index >= 15 is 0 Å². The highest BCUT2D eigenvalue weighted by Crippen LogP contribution is 2.33. The van der Waals surface area contributed by atoms with Gasteiger partial charge >= 0.3 is 5.97 Å². The molecule has 1 unspecified atom stereocenters. The first-order valence-electron chi connectivity index (χ1n) is 3.98. The molecule has 0 saturated heterocycles. The van der Waals surface area contributed by atoms with Crippen molar-refractivity contribution in [1.29, 1.82) is 0 Å². The van der Waals surface area contributed by atoms with Crippen molar-refractivity contribution in [3.05, 3.63) is 0 Å². The van der Waals surface area contributed by atoms with Crippen molar-refractivity contribution >= 4 is 5.97 Å². The molecule has 0 amide bonds. The molecule has 3 heteroatoms. The van der Waals surface area contributed by atoms with Gasteiger partial charge in [0.25, 0.3) is 0 Å². The largest absolute Gasteiger partial charge is 0.469 e. The Balaban J connectivity index is 2.40. The van der Waals surface area contributed by atoms with Gasteiger partial charge in [0, 0.05) is 0 Å². The van der Waals surface area contributed by atoms with Crippen LogP contribution in [-0.2, 0) is 9.53 Å². The van der Waals surface area contributed by atoms with Gasteiger partial charge in [0.1, 0.15) is 0 Å². The minimum atomic E-state index is -0.270. The zero-order valence-corrected chi connectivity index (χ0v) is 6.75. The van der Waals surface area contributed by atoms with Crippen molar-refractivity contribution in [2.24, 2.45) is 11.8 Å². The Morgan fingerprint density at radius 3 is 2.64 bits per heavy atom. The fraction of sp³-hybridized carbons (Fsp3) is 0.875. The zero-order chi connectivity index (χ0) is 8.27. The zero-order valence-electron chi connectivity index (χ0n) is 6.75. The first-order valence-corrected chi connectivity index (χ1v) is 3.98. The number of rotatable bonds is 3. The predicted octanol–water partition coefficient (Wildman–Crippen LogP) is 0.568. The molecule has 1 saturated carbocycles. The molecular weight excluding hydrogens is 144 g/mol. The Labute approximate surface area is 66.4 Å². The Bertz CT molecular complexity index is 140. The van der Waals surface area contributed by atoms with E-state index in [9.17, 15) is 4.79 Å². The van der Waals surface area contributed by atoms with E-state index in [1.807, 2.05) is 0 Å². The third-order valence-corrected chi connectivity index (χ3v) is 2.42. The highest BCUT2D eigenvalue weighted by Gasteiger charge is 2.32. The molecule has 0 heterocycles. The van der Waals surface area contributed by atoms with Crippen molar-refractivity contribution in [2.75, 3.05) is 13.7 Å². The molecule has 1 fully saturated rings. The maximum atomic E-state index is 11.0. The minimum Gasteiger partial charge on any atom is -0.469 e. The lowest BCUT2D eigenvalue weighted by molar-refractivity contribution is -0.150. The summed E-state index contributed by atoms with van der Waals surface area (Å²) in [7, 11) is 1.36. The number of esters is 1. The van der Waals surface area contributed by atoms with Gasteiger partial charge < -0.3 is 9.84 Å². The van der Waals surface area contributed by atoms with E-state index < -0.39 is 0 Å². The summed E-state index contributed by atoms with van der Waals surface area (Å²) < 4.78 is 4.56. The number of hydrogen-bond donors (Lipinski definition) is 1. The summed E-state index contributed by atoms with van der Waals surface area (Å²) in [5.74, 6) is -0.168. The van der Waals surface area contributed by atoms with Crippen molar-refractivity contribution in [3.8, 4) is 0 Å². The first kappa shape index (κ1) is 8.53. The smallest absolute Gasteiger partial charge is 0.311 e. The number of aliphatic hydroxyl groups is 1. The van der Waals surface area contributed by atoms with Crippen LogP contribution in [0.15, 0.2) is 0 Å². The molecule has 0 aliphatic heterocycles. The van der Waals surface area contributed by atoms with E-state index in [2.05, 4.69) is 4.74 Å². The van der Waals surface area contributed by atoms with Gasteiger partial charge in [0.15, 0.2) is 0 Å². The van der Waals surface area contributed by atoms with Crippen LogP contribution < -0.4 is 0 Å². The molecule has 0 spiro atoms. The molecule has 0 radical (unpaired) electrons. The van der Waals surface area contributed by atoms with Crippen LogP contribution in [0.1, 0.15) is 19.3 Å². The summed E-state index contributed by atoms with van der Waals surface area (Å²) in [5.41, 5.74) is 0. The lowest BCUT2D eigenvalue weighted by Gasteiger charge is -2.30. The summed E-state index contributed by atoms with van der Waals surface area (Å²) >= 11 is 0. The molecule has 0 aromatic carbocycles. The maximum Gasteiger partial charge on any atom is 0.311 e. The summed E-state index contributed by atoms with van der Waals surface area (Å²) in [5, 5.41) is 8.86. The molecule has 3 nitrogen and oxygen atoms in total. The van der Waals surface area contributed by atoms with Gasteiger partial charge in [-0.1, -0.05) is 6.42 Å². The van der Waals surface area contributed by atoms with E-state index in [-0.39, 0.29) is 18.5 Å². The summed E-state index contributed by atoms with van der Waals surface area (Å²) in [6, 6.07) is 0. The Hall–Kier alpha value is -0.570. The lowest BCUT2D eigenvalue weighted by atomic mass is 9.76. The second-order valence-corrected chi connectivity index (χ2v) is 3.00. The van der Waals surface area contributed by atoms with Gasteiger partial charge in [0.2, 0.25) is 0 Å². The number of ether oxygens (including phenoxy) is 1. The Morgan fingerprint density at radius 1 is 1.73 bits per heavy atom. The monoisotopic (exact) mass is 158 g/mol. The SMILES string of the molecule is COC(=O)C(CO)C1CCC1. The van der Waals surface area contributed by atoms with Crippen LogP contribution >= 0.6 is 0 Å². The molecule has 0 bridgehead atoms. The number of carbonyl (C=O) groups excluding carboxylic acids is 1. The van der Waals surface area contributed by atoms with Gasteiger partial charge in [-0.25, -0.2) is 0 Å². The Kier molecular flexibility index (Phi) is 2.88. The predicted molar refractivity (Wildman–Crippen MR) is 39.9 cm³/mol. The van der Waals surface area contributed by atoms with Crippen LogP contribution in [0, 0.1) is 11.8 Å². The third kappa shape index (κ3) is 1.71. The maximum absolute atomic E-state index is 11.0. The van der Waals surface area contributed by atoms with Gasteiger partial charge in [-0.15, -0.1) is 0 Å². The fourth-order valence-electron chi connectivity index (χ4n) is 1.41. The van der Waals surface area contributed by atoms with Crippen molar-refractivity contribution < 1.29 is 14.6 Å². The second-order valence-electron chi connectivity index (χ2n) is 3.00. The van der Waals surface area contributed by atoms with Gasteiger partial charge in [-0.05, 0) is 18.8 Å². The summed E-state index contributed by atoms with van der Waals surface area (Å²) in [4.78, 5) is 11.0. The number of aliphatic hydroxyl groups excluding tert-OH is 1. The number of methoxy groups -OCH3 is 1. The fourth-order valence-corrected chi connectivity index (χ4v) is 1.41. The lowest BCUT2D eigenvalue weighted by Crippen LogP contribution is -2.32. The standard InChI is InChI=1S/C8H14O3/c1-11-8(10)7(5-9)6-3-2-4-6/h6-7,9H,2-5H2,1H3. The van der Waals surface area contributed by atoms with Crippen molar-refractivity contribution in [2.45, 2.75) is 19.3 Å². The van der Waals surface area contributed by atoms with Gasteiger partial charge in [-0.3, -0.25) is 4.79 Å². The molecule has 1 N–H and O–H groups in total. The van der Waals surface area contributed by atoms with Crippen LogP contribution in [0.25, 0.3) is 0 Å². The first-order chi connectivity index (χ1) is 5.29. The average Bonchev–Trinajstić information content (AvgIpc) is 1.94. The van der Waals surface area contributed by atoms with Crippen molar-refractivity contribution in [1.82, 2.24) is 0 Å². The number of hydrogen-bond acceptors (Lipinski definition) is 3. The molecule has 1 rings (SSSR count). The van der Waals surface area contributed by atoms with E-state index in [1.165, 1.54) is 13.5 Å². The van der Waals surface area contributed by atoms with Crippen LogP contribution in [0.4, 0.5) is 0 Å². The molecule has 1 aliphatic carbocycles. The number of carbonyl (C=O) groups is 1. The Morgan fingerprint density at radius 2 is 2.36 bits per heavy atom. The average molecular weight is 158 g/mol. The van der Waals surface area contributed by atoms with Gasteiger partial charge in [-0.2, -0.15) is 0 Å². The van der Waals surface area contributed by atoms with Crippen LogP contribution in [0.2, 0.25) is 0 Å². The summed E-state index contributed by atoms with van der Waals surface area (Å²) in [6.45, 7) is -0.0721. The van der Waals surface area contributed by atoms with Crippen molar-refractivity contribution in [3.63, 3.8) is 0 Å². The van der Waals surface area contributed by atoms with E-state index in [1.54, 1.807) is 0 Å². The normalized spacial score (nSPS) is 20.5. The highest BCUT2D eigenvalue weighted by atomic mass is 16.5. The highest BCUT2D eigenvalue weighted by molar-refractivity contribution is 5.72. The third-order valence-electron chi connectivity index (χ3n) is 2.42.